The Labute approximate surface area is 191 Å². The third-order valence-corrected chi connectivity index (χ3v) is 5.14. The van der Waals surface area contributed by atoms with E-state index >= 15 is 0 Å². The van der Waals surface area contributed by atoms with Crippen LogP contribution in [0.3, 0.4) is 0 Å². The van der Waals surface area contributed by atoms with E-state index in [2.05, 4.69) is 15.5 Å². The van der Waals surface area contributed by atoms with Crippen molar-refractivity contribution in [1.29, 1.82) is 0 Å². The predicted octanol–water partition coefficient (Wildman–Crippen LogP) is 3.05. The van der Waals surface area contributed by atoms with E-state index in [1.165, 1.54) is 18.0 Å². The van der Waals surface area contributed by atoms with Crippen molar-refractivity contribution in [2.75, 3.05) is 14.2 Å². The van der Waals surface area contributed by atoms with Crippen molar-refractivity contribution in [3.63, 3.8) is 0 Å². The van der Waals surface area contributed by atoms with Crippen molar-refractivity contribution in [3.8, 4) is 22.8 Å². The maximum atomic E-state index is 13.6. The summed E-state index contributed by atoms with van der Waals surface area (Å²) >= 11 is 0. The van der Waals surface area contributed by atoms with Crippen LogP contribution in [0, 0.1) is 11.6 Å². The van der Waals surface area contributed by atoms with Crippen molar-refractivity contribution in [3.05, 3.63) is 70.3 Å². The number of fused-ring (bicyclic) bond motifs is 1. The number of carbonyl (C=O) groups excluding carboxylic acids is 1. The van der Waals surface area contributed by atoms with Crippen LogP contribution in [-0.4, -0.2) is 34.8 Å². The van der Waals surface area contributed by atoms with Crippen LogP contribution < -0.4 is 20.3 Å². The van der Waals surface area contributed by atoms with Crippen LogP contribution in [0.2, 0.25) is 0 Å². The van der Waals surface area contributed by atoms with E-state index in [1.54, 1.807) is 25.3 Å². The van der Waals surface area contributed by atoms with Crippen LogP contribution in [0.1, 0.15) is 12.0 Å². The van der Waals surface area contributed by atoms with E-state index < -0.39 is 17.2 Å². The molecule has 0 aliphatic carbocycles. The number of nitrogens with zero attached hydrogens (tertiary/aromatic N) is 3. The third kappa shape index (κ3) is 4.72. The molecule has 0 saturated carbocycles. The van der Waals surface area contributed by atoms with Crippen molar-refractivity contribution in [1.82, 2.24) is 20.0 Å². The van der Waals surface area contributed by atoms with E-state index in [4.69, 9.17) is 14.0 Å². The summed E-state index contributed by atoms with van der Waals surface area (Å²) in [6, 6.07) is 8.03. The lowest BCUT2D eigenvalue weighted by atomic mass is 10.1. The number of carbonyl (C=O) groups is 1. The molecule has 176 valence electrons. The molecule has 34 heavy (non-hydrogen) atoms. The smallest absolute Gasteiger partial charge is 0.266 e. The number of benzene rings is 2. The highest BCUT2D eigenvalue weighted by molar-refractivity contribution is 5.88. The zero-order valence-electron chi connectivity index (χ0n) is 18.3. The average molecular weight is 470 g/mol. The van der Waals surface area contributed by atoms with Crippen LogP contribution in [0.25, 0.3) is 22.4 Å². The Morgan fingerprint density at radius 1 is 1.12 bits per heavy atom. The Bertz CT molecular complexity index is 1400. The molecule has 0 fully saturated rings. The van der Waals surface area contributed by atoms with Crippen molar-refractivity contribution in [2.24, 2.45) is 0 Å². The van der Waals surface area contributed by atoms with Gasteiger partial charge in [0.1, 0.15) is 40.5 Å². The summed E-state index contributed by atoms with van der Waals surface area (Å²) in [7, 11) is 3.07. The summed E-state index contributed by atoms with van der Waals surface area (Å²) in [5.41, 5.74) is 0.114. The van der Waals surface area contributed by atoms with Gasteiger partial charge in [0.25, 0.3) is 11.3 Å². The normalized spacial score (nSPS) is 10.9. The molecule has 0 bridgehead atoms. The SMILES string of the molecule is COc1ccc(OC)c(CNC(=O)CCn2cnc3onc(-c4cc(F)cc(F)c4)c3c2=O)c1. The van der Waals surface area contributed by atoms with Gasteiger partial charge >= 0.3 is 0 Å². The van der Waals surface area contributed by atoms with Gasteiger partial charge in [0.15, 0.2) is 0 Å². The quantitative estimate of drug-likeness (QED) is 0.422. The Kier molecular flexibility index (Phi) is 6.53. The van der Waals surface area contributed by atoms with Gasteiger partial charge in [-0.25, -0.2) is 13.8 Å². The Hall–Kier alpha value is -4.28. The van der Waals surface area contributed by atoms with Gasteiger partial charge in [-0.05, 0) is 30.3 Å². The lowest BCUT2D eigenvalue weighted by Gasteiger charge is -2.12. The molecule has 4 rings (SSSR count). The molecule has 0 spiro atoms. The predicted molar refractivity (Wildman–Crippen MR) is 117 cm³/mol. The first-order valence-electron chi connectivity index (χ1n) is 10.2. The fourth-order valence-corrected chi connectivity index (χ4v) is 3.45. The molecule has 2 aromatic carbocycles. The minimum Gasteiger partial charge on any atom is -0.497 e. The number of aromatic nitrogens is 3. The summed E-state index contributed by atoms with van der Waals surface area (Å²) in [4.78, 5) is 29.4. The Morgan fingerprint density at radius 3 is 2.59 bits per heavy atom. The van der Waals surface area contributed by atoms with E-state index in [9.17, 15) is 18.4 Å². The van der Waals surface area contributed by atoms with Gasteiger partial charge in [-0.1, -0.05) is 5.16 Å². The van der Waals surface area contributed by atoms with Crippen LogP contribution in [0.15, 0.2) is 52.0 Å². The van der Waals surface area contributed by atoms with Gasteiger partial charge in [-0.2, -0.15) is 0 Å². The first-order valence-corrected chi connectivity index (χ1v) is 10.2. The number of ether oxygens (including phenoxy) is 2. The van der Waals surface area contributed by atoms with E-state index in [0.29, 0.717) is 17.6 Å². The molecular weight excluding hydrogens is 450 g/mol. The number of nitrogens with one attached hydrogen (secondary N) is 1. The van der Waals surface area contributed by atoms with E-state index in [0.717, 1.165) is 17.7 Å². The van der Waals surface area contributed by atoms with Crippen molar-refractivity contribution in [2.45, 2.75) is 19.5 Å². The van der Waals surface area contributed by atoms with Gasteiger partial charge in [-0.15, -0.1) is 0 Å². The Morgan fingerprint density at radius 2 is 1.88 bits per heavy atom. The second-order valence-corrected chi connectivity index (χ2v) is 7.32. The molecule has 11 heteroatoms. The van der Waals surface area contributed by atoms with Gasteiger partial charge in [-0.3, -0.25) is 14.2 Å². The molecule has 0 saturated heterocycles. The zero-order valence-corrected chi connectivity index (χ0v) is 18.3. The second kappa shape index (κ2) is 9.69. The molecule has 9 nitrogen and oxygen atoms in total. The third-order valence-electron chi connectivity index (χ3n) is 5.14. The number of methoxy groups -OCH3 is 2. The maximum absolute atomic E-state index is 13.6. The fraction of sp³-hybridized carbons (Fsp3) is 0.217. The first-order chi connectivity index (χ1) is 16.4. The largest absolute Gasteiger partial charge is 0.497 e. The standard InChI is InChI=1S/C23H20F2N4O5/c1-32-17-3-4-18(33-2)14(9-17)11-26-19(30)5-6-29-12-27-22-20(23(29)31)21(28-34-22)13-7-15(24)10-16(25)8-13/h3-4,7-10,12H,5-6,11H2,1-2H3,(H,26,30). The second-order valence-electron chi connectivity index (χ2n) is 7.32. The lowest BCUT2D eigenvalue weighted by molar-refractivity contribution is -0.121. The number of hydrogen-bond acceptors (Lipinski definition) is 7. The first kappa shape index (κ1) is 22.9. The van der Waals surface area contributed by atoms with Gasteiger partial charge in [0.05, 0.1) is 14.2 Å². The monoisotopic (exact) mass is 470 g/mol. The summed E-state index contributed by atoms with van der Waals surface area (Å²) in [6.07, 6.45) is 1.21. The van der Waals surface area contributed by atoms with Gasteiger partial charge < -0.3 is 19.3 Å². The highest BCUT2D eigenvalue weighted by Crippen LogP contribution is 2.26. The molecular formula is C23H20F2N4O5. The average Bonchev–Trinajstić information content (AvgIpc) is 3.26. The van der Waals surface area contributed by atoms with Crippen molar-refractivity contribution < 1.29 is 27.6 Å². The molecule has 0 radical (unpaired) electrons. The number of rotatable bonds is 8. The van der Waals surface area contributed by atoms with Crippen LogP contribution in [0.5, 0.6) is 11.5 Å². The molecule has 1 N–H and O–H groups in total. The number of halogens is 2. The topological polar surface area (TPSA) is 108 Å². The highest BCUT2D eigenvalue weighted by atomic mass is 19.1. The minimum atomic E-state index is -0.820. The molecule has 0 aliphatic rings. The number of aryl methyl sites for hydroxylation is 1. The molecule has 0 aliphatic heterocycles. The van der Waals surface area contributed by atoms with Gasteiger partial charge in [0.2, 0.25) is 5.91 Å². The van der Waals surface area contributed by atoms with E-state index in [-0.39, 0.29) is 47.8 Å². The molecule has 0 atom stereocenters. The fourth-order valence-electron chi connectivity index (χ4n) is 3.45. The Balaban J connectivity index is 1.49. The summed E-state index contributed by atoms with van der Waals surface area (Å²) in [5, 5.41) is 6.49. The number of amides is 1. The molecule has 0 unspecified atom stereocenters. The zero-order chi connectivity index (χ0) is 24.2. The number of hydrogen-bond donors (Lipinski definition) is 1. The van der Waals surface area contributed by atoms with Gasteiger partial charge in [0, 0.05) is 36.7 Å². The maximum Gasteiger partial charge on any atom is 0.266 e. The van der Waals surface area contributed by atoms with E-state index in [1.807, 2.05) is 0 Å². The molecule has 1 amide bonds. The lowest BCUT2D eigenvalue weighted by Crippen LogP contribution is -2.27. The van der Waals surface area contributed by atoms with Crippen LogP contribution >= 0.6 is 0 Å². The van der Waals surface area contributed by atoms with Crippen molar-refractivity contribution >= 4 is 17.0 Å². The minimum absolute atomic E-state index is 0.0188. The van der Waals surface area contributed by atoms with Crippen LogP contribution in [-0.2, 0) is 17.9 Å². The molecule has 2 heterocycles. The summed E-state index contributed by atoms with van der Waals surface area (Å²) < 4.78 is 44.0. The molecule has 4 aromatic rings. The van der Waals surface area contributed by atoms with Crippen LogP contribution in [0.4, 0.5) is 8.78 Å². The summed E-state index contributed by atoms with van der Waals surface area (Å²) in [6.45, 7) is 0.220. The summed E-state index contributed by atoms with van der Waals surface area (Å²) in [5.74, 6) is -0.728. The highest BCUT2D eigenvalue weighted by Gasteiger charge is 2.18. The molecule has 2 aromatic heterocycles.